The van der Waals surface area contributed by atoms with E-state index in [2.05, 4.69) is 0 Å². The van der Waals surface area contributed by atoms with Crippen LogP contribution in [0.25, 0.3) is 0 Å². The van der Waals surface area contributed by atoms with Crippen molar-refractivity contribution in [2.75, 3.05) is 11.4 Å². The first kappa shape index (κ1) is 18.0. The van der Waals surface area contributed by atoms with Gasteiger partial charge in [0.1, 0.15) is 5.82 Å². The van der Waals surface area contributed by atoms with Crippen LogP contribution < -0.4 is 4.90 Å². The molecule has 0 N–H and O–H groups in total. The van der Waals surface area contributed by atoms with Gasteiger partial charge < -0.3 is 4.90 Å². The summed E-state index contributed by atoms with van der Waals surface area (Å²) in [5.74, 6) is -0.469. The lowest BCUT2D eigenvalue weighted by Crippen LogP contribution is -2.25. The molecule has 1 amide bonds. The van der Waals surface area contributed by atoms with Gasteiger partial charge in [0.05, 0.1) is 10.3 Å². The van der Waals surface area contributed by atoms with Crippen LogP contribution in [0.4, 0.5) is 10.1 Å². The van der Waals surface area contributed by atoms with Crippen LogP contribution in [0.2, 0.25) is 5.02 Å². The van der Waals surface area contributed by atoms with Gasteiger partial charge in [-0.25, -0.2) is 4.39 Å². The molecule has 0 unspecified atom stereocenters. The fourth-order valence-corrected chi connectivity index (χ4v) is 4.15. The maximum atomic E-state index is 13.2. The molecule has 6 heteroatoms. The standard InChI is InChI=1S/C19H17ClFNO2S/c1-11(25-15-4-5-17(21)16(20)10-15)19(24)14-3-6-18-13(9-14)7-8-22(18)12(2)23/h3-6,9-11H,7-8H2,1-2H3/t11-/m0/s1. The van der Waals surface area contributed by atoms with Gasteiger partial charge in [-0.3, -0.25) is 9.59 Å². The van der Waals surface area contributed by atoms with Crippen molar-refractivity contribution in [3.05, 3.63) is 58.4 Å². The predicted octanol–water partition coefficient (Wildman–Crippen LogP) is 4.75. The number of hydrogen-bond donors (Lipinski definition) is 0. The second-order valence-corrected chi connectivity index (χ2v) is 7.79. The van der Waals surface area contributed by atoms with Crippen LogP contribution in [0.1, 0.15) is 29.8 Å². The van der Waals surface area contributed by atoms with Crippen LogP contribution in [0.15, 0.2) is 41.3 Å². The minimum atomic E-state index is -0.473. The highest BCUT2D eigenvalue weighted by atomic mass is 35.5. The Morgan fingerprint density at radius 3 is 2.68 bits per heavy atom. The van der Waals surface area contributed by atoms with E-state index in [0.717, 1.165) is 22.6 Å². The quantitative estimate of drug-likeness (QED) is 0.570. The maximum absolute atomic E-state index is 13.2. The number of thioether (sulfide) groups is 1. The van der Waals surface area contributed by atoms with Crippen LogP contribution >= 0.6 is 23.4 Å². The Kier molecular flexibility index (Phi) is 5.16. The van der Waals surface area contributed by atoms with Crippen LogP contribution in [0.3, 0.4) is 0 Å². The van der Waals surface area contributed by atoms with Gasteiger partial charge in [0, 0.05) is 29.6 Å². The van der Waals surface area contributed by atoms with Gasteiger partial charge in [0.15, 0.2) is 5.78 Å². The number of anilines is 1. The molecule has 0 bridgehead atoms. The number of fused-ring (bicyclic) bond motifs is 1. The van der Waals surface area contributed by atoms with E-state index in [-0.39, 0.29) is 22.0 Å². The number of halogens is 2. The van der Waals surface area contributed by atoms with E-state index in [0.29, 0.717) is 12.1 Å². The first-order valence-electron chi connectivity index (χ1n) is 7.94. The minimum Gasteiger partial charge on any atom is -0.312 e. The summed E-state index contributed by atoms with van der Waals surface area (Å²) in [5, 5.41) is -0.281. The molecule has 1 aliphatic rings. The first-order chi connectivity index (χ1) is 11.9. The van der Waals surface area contributed by atoms with E-state index in [9.17, 15) is 14.0 Å². The summed E-state index contributed by atoms with van der Waals surface area (Å²) in [7, 11) is 0. The fraction of sp³-hybridized carbons (Fsp3) is 0.263. The third kappa shape index (κ3) is 3.72. The summed E-state index contributed by atoms with van der Waals surface area (Å²) in [6, 6.07) is 9.91. The van der Waals surface area contributed by atoms with Crippen molar-refractivity contribution in [1.82, 2.24) is 0 Å². The van der Waals surface area contributed by atoms with E-state index in [1.165, 1.54) is 23.9 Å². The molecule has 1 aliphatic heterocycles. The average Bonchev–Trinajstić information content (AvgIpc) is 3.00. The summed E-state index contributed by atoms with van der Waals surface area (Å²) < 4.78 is 13.2. The Labute approximate surface area is 155 Å². The number of hydrogen-bond acceptors (Lipinski definition) is 3. The van der Waals surface area contributed by atoms with Gasteiger partial charge in [0.25, 0.3) is 0 Å². The highest BCUT2D eigenvalue weighted by Crippen LogP contribution is 2.32. The number of amides is 1. The molecule has 2 aromatic rings. The van der Waals surface area contributed by atoms with Crippen LogP contribution in [-0.2, 0) is 11.2 Å². The smallest absolute Gasteiger partial charge is 0.223 e. The number of Topliss-reactive ketones (excluding diaryl/α,β-unsaturated/α-hetero) is 1. The molecule has 2 aromatic carbocycles. The van der Waals surface area contributed by atoms with Crippen LogP contribution in [-0.4, -0.2) is 23.5 Å². The number of rotatable bonds is 4. The number of carbonyl (C=O) groups excluding carboxylic acids is 2. The third-order valence-electron chi connectivity index (χ3n) is 4.21. The molecule has 0 aliphatic carbocycles. The molecule has 0 saturated carbocycles. The van der Waals surface area contributed by atoms with Gasteiger partial charge in [-0.05, 0) is 55.3 Å². The molecule has 0 radical (unpaired) electrons. The van der Waals surface area contributed by atoms with Gasteiger partial charge >= 0.3 is 0 Å². The number of ketones is 1. The van der Waals surface area contributed by atoms with Crippen molar-refractivity contribution in [2.45, 2.75) is 30.4 Å². The summed E-state index contributed by atoms with van der Waals surface area (Å²) in [5.41, 5.74) is 2.52. The van der Waals surface area contributed by atoms with Gasteiger partial charge in [-0.1, -0.05) is 11.6 Å². The minimum absolute atomic E-state index is 0.00507. The molecule has 25 heavy (non-hydrogen) atoms. The Bertz CT molecular complexity index is 855. The second-order valence-electron chi connectivity index (χ2n) is 5.96. The average molecular weight is 378 g/mol. The lowest BCUT2D eigenvalue weighted by Gasteiger charge is -2.15. The zero-order chi connectivity index (χ0) is 18.1. The lowest BCUT2D eigenvalue weighted by molar-refractivity contribution is -0.116. The van der Waals surface area contributed by atoms with Crippen molar-refractivity contribution in [1.29, 1.82) is 0 Å². The molecule has 0 spiro atoms. The van der Waals surface area contributed by atoms with Crippen molar-refractivity contribution in [3.63, 3.8) is 0 Å². The molecular weight excluding hydrogens is 361 g/mol. The number of benzene rings is 2. The molecule has 1 atom stereocenters. The summed E-state index contributed by atoms with van der Waals surface area (Å²) in [6.45, 7) is 4.01. The second kappa shape index (κ2) is 7.18. The van der Waals surface area contributed by atoms with Gasteiger partial charge in [-0.2, -0.15) is 0 Å². The first-order valence-corrected chi connectivity index (χ1v) is 9.19. The molecule has 3 nitrogen and oxygen atoms in total. The van der Waals surface area contributed by atoms with Crippen molar-refractivity contribution >= 4 is 40.7 Å². The SMILES string of the molecule is CC(=O)N1CCc2cc(C(=O)[C@H](C)Sc3ccc(F)c(Cl)c3)ccc21. The van der Waals surface area contributed by atoms with Gasteiger partial charge in [-0.15, -0.1) is 11.8 Å². The molecule has 130 valence electrons. The lowest BCUT2D eigenvalue weighted by atomic mass is 10.0. The van der Waals surface area contributed by atoms with E-state index in [4.69, 9.17) is 11.6 Å². The number of nitrogens with zero attached hydrogens (tertiary/aromatic N) is 1. The predicted molar refractivity (Wildman–Crippen MR) is 99.2 cm³/mol. The molecule has 1 heterocycles. The highest BCUT2D eigenvalue weighted by molar-refractivity contribution is 8.00. The molecule has 0 aromatic heterocycles. The van der Waals surface area contributed by atoms with Crippen molar-refractivity contribution in [2.24, 2.45) is 0 Å². The molecule has 0 saturated heterocycles. The largest absolute Gasteiger partial charge is 0.312 e. The summed E-state index contributed by atoms with van der Waals surface area (Å²) in [6.07, 6.45) is 0.755. The Hall–Kier alpha value is -1.85. The van der Waals surface area contributed by atoms with Gasteiger partial charge in [0.2, 0.25) is 5.91 Å². The molecule has 0 fully saturated rings. The van der Waals surface area contributed by atoms with E-state index < -0.39 is 5.82 Å². The Morgan fingerprint density at radius 1 is 1.24 bits per heavy atom. The summed E-state index contributed by atoms with van der Waals surface area (Å²) in [4.78, 5) is 26.8. The Balaban J connectivity index is 1.76. The third-order valence-corrected chi connectivity index (χ3v) is 5.60. The van der Waals surface area contributed by atoms with E-state index in [1.807, 2.05) is 19.1 Å². The highest BCUT2D eigenvalue weighted by Gasteiger charge is 2.24. The van der Waals surface area contributed by atoms with Crippen molar-refractivity contribution < 1.29 is 14.0 Å². The Morgan fingerprint density at radius 2 is 2.00 bits per heavy atom. The number of carbonyl (C=O) groups is 2. The van der Waals surface area contributed by atoms with Crippen LogP contribution in [0.5, 0.6) is 0 Å². The maximum Gasteiger partial charge on any atom is 0.223 e. The normalized spacial score (nSPS) is 14.3. The zero-order valence-electron chi connectivity index (χ0n) is 13.9. The topological polar surface area (TPSA) is 37.4 Å². The van der Waals surface area contributed by atoms with Crippen molar-refractivity contribution in [3.8, 4) is 0 Å². The van der Waals surface area contributed by atoms with E-state index in [1.54, 1.807) is 24.0 Å². The van der Waals surface area contributed by atoms with E-state index >= 15 is 0 Å². The zero-order valence-corrected chi connectivity index (χ0v) is 15.5. The molecule has 3 rings (SSSR count). The monoisotopic (exact) mass is 377 g/mol. The molecular formula is C19H17ClFNO2S. The fourth-order valence-electron chi connectivity index (χ4n) is 2.92. The van der Waals surface area contributed by atoms with Crippen LogP contribution in [0, 0.1) is 5.82 Å². The summed E-state index contributed by atoms with van der Waals surface area (Å²) >= 11 is 7.13.